The lowest BCUT2D eigenvalue weighted by atomic mass is 10.1. The average molecular weight is 498 g/mol. The van der Waals surface area contributed by atoms with Crippen LogP contribution in [0.5, 0.6) is 0 Å². The predicted octanol–water partition coefficient (Wildman–Crippen LogP) is 3.75. The van der Waals surface area contributed by atoms with Gasteiger partial charge in [0.05, 0.1) is 4.90 Å². The van der Waals surface area contributed by atoms with Gasteiger partial charge < -0.3 is 0 Å². The van der Waals surface area contributed by atoms with E-state index in [0.717, 1.165) is 22.4 Å². The molecule has 0 aromatic heterocycles. The van der Waals surface area contributed by atoms with Gasteiger partial charge in [-0.05, 0) is 60.7 Å². The van der Waals surface area contributed by atoms with Crippen LogP contribution in [-0.4, -0.2) is 37.8 Å². The molecule has 0 saturated carbocycles. The van der Waals surface area contributed by atoms with E-state index >= 15 is 0 Å². The molecule has 178 valence electrons. The van der Waals surface area contributed by atoms with E-state index in [4.69, 9.17) is 0 Å². The van der Waals surface area contributed by atoms with Crippen LogP contribution in [0.1, 0.15) is 37.4 Å². The quantitative estimate of drug-likeness (QED) is 0.462. The number of hydrazine groups is 1. The molecule has 0 unspecified atom stereocenters. The molecule has 0 saturated heterocycles. The minimum Gasteiger partial charge on any atom is -0.267 e. The number of aryl methyl sites for hydroxylation is 1. The first kappa shape index (κ1) is 25.5. The molecule has 0 heterocycles. The molecule has 0 aliphatic heterocycles. The van der Waals surface area contributed by atoms with Crippen LogP contribution in [0.4, 0.5) is 0 Å². The normalized spacial score (nSPS) is 11.3. The molecule has 0 fully saturated rings. The number of benzene rings is 3. The molecule has 2 N–H and O–H groups in total. The SMILES string of the molecule is CSCc1ccc(C(=O)NNC(=O)c2ccc(CN(C)S(=O)(=O)c3ccc(C)cc3)cc2)cc1. The molecule has 0 radical (unpaired) electrons. The van der Waals surface area contributed by atoms with Gasteiger partial charge in [0, 0.05) is 30.5 Å². The van der Waals surface area contributed by atoms with Crippen molar-refractivity contribution >= 4 is 33.6 Å². The summed E-state index contributed by atoms with van der Waals surface area (Å²) in [7, 11) is -2.11. The van der Waals surface area contributed by atoms with Crippen molar-refractivity contribution in [3.63, 3.8) is 0 Å². The fraction of sp³-hybridized carbons (Fsp3) is 0.200. The van der Waals surface area contributed by atoms with Crippen LogP contribution >= 0.6 is 11.8 Å². The van der Waals surface area contributed by atoms with Gasteiger partial charge in [-0.15, -0.1) is 0 Å². The number of carbonyl (C=O) groups excluding carboxylic acids is 2. The van der Waals surface area contributed by atoms with E-state index in [1.807, 2.05) is 25.3 Å². The zero-order valence-electron chi connectivity index (χ0n) is 19.2. The summed E-state index contributed by atoms with van der Waals surface area (Å²) in [6, 6.07) is 20.4. The van der Waals surface area contributed by atoms with E-state index in [0.29, 0.717) is 11.1 Å². The standard InChI is InChI=1S/C25H27N3O4S2/c1-18-4-14-23(15-5-18)34(31,32)28(2)16-19-6-10-21(11-7-19)24(29)26-27-25(30)22-12-8-20(9-13-22)17-33-3/h4-15H,16-17H2,1-3H3,(H,26,29)(H,27,30). The molecule has 3 aromatic rings. The van der Waals surface area contributed by atoms with Gasteiger partial charge in [0.2, 0.25) is 10.0 Å². The molecule has 34 heavy (non-hydrogen) atoms. The number of hydrogen-bond acceptors (Lipinski definition) is 5. The summed E-state index contributed by atoms with van der Waals surface area (Å²) in [5.74, 6) is -0.0226. The van der Waals surface area contributed by atoms with E-state index in [1.54, 1.807) is 72.4 Å². The summed E-state index contributed by atoms with van der Waals surface area (Å²) < 4.78 is 26.8. The Morgan fingerprint density at radius 1 is 0.794 bits per heavy atom. The van der Waals surface area contributed by atoms with Crippen LogP contribution in [0.3, 0.4) is 0 Å². The molecule has 3 rings (SSSR count). The van der Waals surface area contributed by atoms with Gasteiger partial charge in [-0.1, -0.05) is 42.0 Å². The Morgan fingerprint density at radius 2 is 1.26 bits per heavy atom. The molecular weight excluding hydrogens is 470 g/mol. The van der Waals surface area contributed by atoms with Crippen molar-refractivity contribution in [2.45, 2.75) is 24.1 Å². The summed E-state index contributed by atoms with van der Waals surface area (Å²) >= 11 is 1.70. The minimum atomic E-state index is -3.63. The number of hydrogen-bond donors (Lipinski definition) is 2. The highest BCUT2D eigenvalue weighted by molar-refractivity contribution is 7.97. The van der Waals surface area contributed by atoms with Gasteiger partial charge >= 0.3 is 0 Å². The number of rotatable bonds is 8. The van der Waals surface area contributed by atoms with Gasteiger partial charge in [0.25, 0.3) is 11.8 Å². The van der Waals surface area contributed by atoms with Crippen molar-refractivity contribution in [2.75, 3.05) is 13.3 Å². The Balaban J connectivity index is 1.56. The Bertz CT molecular complexity index is 1240. The van der Waals surface area contributed by atoms with E-state index in [-0.39, 0.29) is 11.4 Å². The van der Waals surface area contributed by atoms with Crippen molar-refractivity contribution in [1.82, 2.24) is 15.2 Å². The highest BCUT2D eigenvalue weighted by Gasteiger charge is 2.20. The van der Waals surface area contributed by atoms with Crippen molar-refractivity contribution in [1.29, 1.82) is 0 Å². The molecule has 0 aliphatic carbocycles. The van der Waals surface area contributed by atoms with Gasteiger partial charge in [-0.2, -0.15) is 16.1 Å². The summed E-state index contributed by atoms with van der Waals surface area (Å²) in [5.41, 5.74) is 8.41. The van der Waals surface area contributed by atoms with Crippen molar-refractivity contribution in [2.24, 2.45) is 0 Å². The minimum absolute atomic E-state index is 0.154. The van der Waals surface area contributed by atoms with E-state index in [9.17, 15) is 18.0 Å². The van der Waals surface area contributed by atoms with Crippen molar-refractivity contribution in [3.8, 4) is 0 Å². The molecular formula is C25H27N3O4S2. The summed E-state index contributed by atoms with van der Waals surface area (Å²) in [4.78, 5) is 24.9. The van der Waals surface area contributed by atoms with E-state index < -0.39 is 21.8 Å². The van der Waals surface area contributed by atoms with Gasteiger partial charge in [-0.3, -0.25) is 20.4 Å². The molecule has 0 bridgehead atoms. The van der Waals surface area contributed by atoms with Gasteiger partial charge in [0.15, 0.2) is 0 Å². The van der Waals surface area contributed by atoms with Crippen LogP contribution in [0.25, 0.3) is 0 Å². The second kappa shape index (κ2) is 11.3. The molecule has 3 aromatic carbocycles. The first-order chi connectivity index (χ1) is 16.2. The van der Waals surface area contributed by atoms with Crippen LogP contribution < -0.4 is 10.9 Å². The number of thioether (sulfide) groups is 1. The third kappa shape index (κ3) is 6.47. The molecule has 0 aliphatic rings. The largest absolute Gasteiger partial charge is 0.269 e. The Hall–Kier alpha value is -3.14. The first-order valence-corrected chi connectivity index (χ1v) is 13.3. The zero-order valence-corrected chi connectivity index (χ0v) is 20.9. The third-order valence-electron chi connectivity index (χ3n) is 5.17. The summed E-state index contributed by atoms with van der Waals surface area (Å²) in [5, 5.41) is 0. The smallest absolute Gasteiger partial charge is 0.267 e. The average Bonchev–Trinajstić information content (AvgIpc) is 2.83. The predicted molar refractivity (Wildman–Crippen MR) is 135 cm³/mol. The Labute approximate surface area is 204 Å². The van der Waals surface area contributed by atoms with Crippen molar-refractivity contribution < 1.29 is 18.0 Å². The number of nitrogens with one attached hydrogen (secondary N) is 2. The monoisotopic (exact) mass is 497 g/mol. The highest BCUT2D eigenvalue weighted by Crippen LogP contribution is 2.18. The molecule has 0 atom stereocenters. The van der Waals surface area contributed by atoms with Gasteiger partial charge in [0.1, 0.15) is 0 Å². The highest BCUT2D eigenvalue weighted by atomic mass is 32.2. The lowest BCUT2D eigenvalue weighted by Gasteiger charge is -2.17. The Kier molecular flexibility index (Phi) is 8.49. The maximum Gasteiger partial charge on any atom is 0.269 e. The van der Waals surface area contributed by atoms with Crippen LogP contribution in [-0.2, 0) is 22.3 Å². The molecule has 7 nitrogen and oxygen atoms in total. The van der Waals surface area contributed by atoms with E-state index in [2.05, 4.69) is 10.9 Å². The first-order valence-electron chi connectivity index (χ1n) is 10.5. The fourth-order valence-corrected chi connectivity index (χ4v) is 4.86. The summed E-state index contributed by atoms with van der Waals surface area (Å²) in [6.45, 7) is 2.05. The second-order valence-corrected chi connectivity index (χ2v) is 10.7. The second-order valence-electron chi connectivity index (χ2n) is 7.81. The number of sulfonamides is 1. The molecule has 0 spiro atoms. The zero-order chi connectivity index (χ0) is 24.7. The summed E-state index contributed by atoms with van der Waals surface area (Å²) in [6.07, 6.45) is 2.01. The van der Waals surface area contributed by atoms with Crippen LogP contribution in [0.2, 0.25) is 0 Å². The van der Waals surface area contributed by atoms with Crippen LogP contribution in [0.15, 0.2) is 77.7 Å². The lowest BCUT2D eigenvalue weighted by molar-refractivity contribution is 0.0846. The van der Waals surface area contributed by atoms with Crippen molar-refractivity contribution in [3.05, 3.63) is 101 Å². The third-order valence-corrected chi connectivity index (χ3v) is 7.61. The Morgan fingerprint density at radius 3 is 1.74 bits per heavy atom. The number of carbonyl (C=O) groups is 2. The number of amides is 2. The molecule has 9 heteroatoms. The maximum atomic E-state index is 12.8. The maximum absolute atomic E-state index is 12.8. The van der Waals surface area contributed by atoms with Crippen LogP contribution in [0, 0.1) is 6.92 Å². The number of nitrogens with zero attached hydrogens (tertiary/aromatic N) is 1. The van der Waals surface area contributed by atoms with E-state index in [1.165, 1.54) is 11.4 Å². The lowest BCUT2D eigenvalue weighted by Crippen LogP contribution is -2.41. The topological polar surface area (TPSA) is 95.6 Å². The fourth-order valence-electron chi connectivity index (χ4n) is 3.17. The molecule has 2 amide bonds. The van der Waals surface area contributed by atoms with Gasteiger partial charge in [-0.25, -0.2) is 8.42 Å².